The summed E-state index contributed by atoms with van der Waals surface area (Å²) in [6.07, 6.45) is 0. The molecule has 0 saturated carbocycles. The van der Waals surface area contributed by atoms with E-state index < -0.39 is 0 Å². The highest BCUT2D eigenvalue weighted by Crippen LogP contribution is 2.28. The zero-order valence-corrected chi connectivity index (χ0v) is 19.0. The van der Waals surface area contributed by atoms with Crippen molar-refractivity contribution in [2.75, 3.05) is 36.0 Å². The molecule has 5 rings (SSSR count). The third-order valence-electron chi connectivity index (χ3n) is 6.30. The average Bonchev–Trinajstić information content (AvgIpc) is 2.89. The molecule has 1 aliphatic rings. The molecule has 1 aliphatic heterocycles. The van der Waals surface area contributed by atoms with Gasteiger partial charge in [-0.1, -0.05) is 66.7 Å². The number of nitrogens with zero attached hydrogens (tertiary/aromatic N) is 4. The number of fused-ring (bicyclic) bond motifs is 1. The van der Waals surface area contributed by atoms with Crippen molar-refractivity contribution in [1.29, 1.82) is 0 Å². The van der Waals surface area contributed by atoms with Gasteiger partial charge in [0.15, 0.2) is 11.5 Å². The van der Waals surface area contributed by atoms with Gasteiger partial charge in [-0.15, -0.1) is 10.2 Å². The van der Waals surface area contributed by atoms with Gasteiger partial charge < -0.3 is 15.1 Å². The normalized spacial score (nSPS) is 14.8. The molecular formula is C27H26FN5O. The van der Waals surface area contributed by atoms with Crippen molar-refractivity contribution >= 4 is 28.2 Å². The predicted molar refractivity (Wildman–Crippen MR) is 133 cm³/mol. The van der Waals surface area contributed by atoms with Gasteiger partial charge in [0.2, 0.25) is 0 Å². The van der Waals surface area contributed by atoms with Gasteiger partial charge in [-0.05, 0) is 24.6 Å². The SMILES string of the molecule is CC(NC(=O)c1nnc(N2CCN(c3ccccc3F)CC2)c2ccccc12)c1ccccc1. The quantitative estimate of drug-likeness (QED) is 0.477. The molecule has 1 atom stereocenters. The third kappa shape index (κ3) is 4.29. The minimum Gasteiger partial charge on any atom is -0.366 e. The Morgan fingerprint density at radius 1 is 0.824 bits per heavy atom. The van der Waals surface area contributed by atoms with Gasteiger partial charge in [-0.3, -0.25) is 4.79 Å². The van der Waals surface area contributed by atoms with E-state index in [9.17, 15) is 9.18 Å². The maximum Gasteiger partial charge on any atom is 0.272 e. The van der Waals surface area contributed by atoms with E-state index in [0.29, 0.717) is 37.6 Å². The molecule has 0 bridgehead atoms. The molecule has 1 N–H and O–H groups in total. The lowest BCUT2D eigenvalue weighted by Crippen LogP contribution is -2.47. The van der Waals surface area contributed by atoms with E-state index >= 15 is 0 Å². The van der Waals surface area contributed by atoms with Crippen LogP contribution in [0.3, 0.4) is 0 Å². The first-order valence-electron chi connectivity index (χ1n) is 11.5. The zero-order valence-electron chi connectivity index (χ0n) is 19.0. The van der Waals surface area contributed by atoms with Crippen LogP contribution in [0.25, 0.3) is 10.8 Å². The number of nitrogens with one attached hydrogen (secondary N) is 1. The number of amides is 1. The lowest BCUT2D eigenvalue weighted by molar-refractivity contribution is 0.0935. The smallest absolute Gasteiger partial charge is 0.272 e. The van der Waals surface area contributed by atoms with Crippen LogP contribution in [0.1, 0.15) is 29.0 Å². The van der Waals surface area contributed by atoms with Crippen LogP contribution < -0.4 is 15.1 Å². The number of rotatable bonds is 5. The minimum atomic E-state index is -0.254. The molecule has 1 amide bonds. The Morgan fingerprint density at radius 3 is 2.18 bits per heavy atom. The summed E-state index contributed by atoms with van der Waals surface area (Å²) in [6, 6.07) is 24.3. The van der Waals surface area contributed by atoms with E-state index in [2.05, 4.69) is 20.4 Å². The van der Waals surface area contributed by atoms with Crippen molar-refractivity contribution in [3.8, 4) is 0 Å². The van der Waals surface area contributed by atoms with Crippen LogP contribution in [-0.2, 0) is 0 Å². The first-order valence-corrected chi connectivity index (χ1v) is 11.5. The number of aromatic nitrogens is 2. The second-order valence-corrected chi connectivity index (χ2v) is 8.45. The largest absolute Gasteiger partial charge is 0.366 e. The lowest BCUT2D eigenvalue weighted by atomic mass is 10.1. The zero-order chi connectivity index (χ0) is 23.5. The molecule has 1 saturated heterocycles. The van der Waals surface area contributed by atoms with Gasteiger partial charge in [0.1, 0.15) is 5.82 Å². The van der Waals surface area contributed by atoms with E-state index in [1.807, 2.05) is 78.6 Å². The monoisotopic (exact) mass is 455 g/mol. The fourth-order valence-corrected chi connectivity index (χ4v) is 4.45. The van der Waals surface area contributed by atoms with Gasteiger partial charge >= 0.3 is 0 Å². The number of para-hydroxylation sites is 1. The molecule has 7 heteroatoms. The van der Waals surface area contributed by atoms with E-state index in [1.54, 1.807) is 6.07 Å². The molecule has 1 unspecified atom stereocenters. The predicted octanol–water partition coefficient (Wildman–Crippen LogP) is 4.59. The Labute approximate surface area is 198 Å². The van der Waals surface area contributed by atoms with E-state index in [4.69, 9.17) is 0 Å². The molecule has 0 spiro atoms. The van der Waals surface area contributed by atoms with Crippen molar-refractivity contribution < 1.29 is 9.18 Å². The second kappa shape index (κ2) is 9.47. The number of hydrogen-bond acceptors (Lipinski definition) is 5. The standard InChI is InChI=1S/C27H26FN5O/c1-19(20-9-3-2-4-10-20)29-27(34)25-21-11-5-6-12-22(21)26(31-30-25)33-17-15-32(16-18-33)24-14-8-7-13-23(24)28/h2-14,19H,15-18H2,1H3,(H,29,34). The first kappa shape index (κ1) is 21.8. The van der Waals surface area contributed by atoms with Crippen LogP contribution in [0.4, 0.5) is 15.9 Å². The lowest BCUT2D eigenvalue weighted by Gasteiger charge is -2.37. The number of halogens is 1. The number of carbonyl (C=O) groups excluding carboxylic acids is 1. The van der Waals surface area contributed by atoms with Gasteiger partial charge in [0.25, 0.3) is 5.91 Å². The van der Waals surface area contributed by atoms with Crippen molar-refractivity contribution in [1.82, 2.24) is 15.5 Å². The van der Waals surface area contributed by atoms with Gasteiger partial charge in [-0.2, -0.15) is 0 Å². The number of piperazine rings is 1. The maximum absolute atomic E-state index is 14.2. The van der Waals surface area contributed by atoms with Gasteiger partial charge in [0.05, 0.1) is 11.7 Å². The average molecular weight is 456 g/mol. The Kier molecular flexibility index (Phi) is 6.08. The molecule has 1 fully saturated rings. The number of hydrogen-bond donors (Lipinski definition) is 1. The number of carbonyl (C=O) groups is 1. The van der Waals surface area contributed by atoms with Crippen molar-refractivity contribution in [2.45, 2.75) is 13.0 Å². The molecule has 1 aromatic heterocycles. The Morgan fingerprint density at radius 2 is 1.44 bits per heavy atom. The summed E-state index contributed by atoms with van der Waals surface area (Å²) >= 11 is 0. The Balaban J connectivity index is 1.37. The fraction of sp³-hybridized carbons (Fsp3) is 0.222. The van der Waals surface area contributed by atoms with E-state index in [1.165, 1.54) is 6.07 Å². The van der Waals surface area contributed by atoms with Gasteiger partial charge in [0, 0.05) is 37.0 Å². The van der Waals surface area contributed by atoms with E-state index in [0.717, 1.165) is 22.2 Å². The number of anilines is 2. The number of benzene rings is 3. The summed E-state index contributed by atoms with van der Waals surface area (Å²) in [4.78, 5) is 17.3. The first-order chi connectivity index (χ1) is 16.6. The molecule has 34 heavy (non-hydrogen) atoms. The summed E-state index contributed by atoms with van der Waals surface area (Å²) in [6.45, 7) is 4.67. The van der Waals surface area contributed by atoms with Crippen LogP contribution in [0, 0.1) is 5.82 Å². The summed E-state index contributed by atoms with van der Waals surface area (Å²) in [5.41, 5.74) is 1.96. The van der Waals surface area contributed by atoms with Crippen LogP contribution >= 0.6 is 0 Å². The molecule has 0 radical (unpaired) electrons. The Hall–Kier alpha value is -4.00. The van der Waals surface area contributed by atoms with Crippen molar-refractivity contribution in [3.05, 3.63) is 95.9 Å². The summed E-state index contributed by atoms with van der Waals surface area (Å²) in [7, 11) is 0. The van der Waals surface area contributed by atoms with E-state index in [-0.39, 0.29) is 17.8 Å². The molecule has 6 nitrogen and oxygen atoms in total. The highest BCUT2D eigenvalue weighted by atomic mass is 19.1. The summed E-state index contributed by atoms with van der Waals surface area (Å²) in [5.74, 6) is 0.286. The second-order valence-electron chi connectivity index (χ2n) is 8.45. The summed E-state index contributed by atoms with van der Waals surface area (Å²) in [5, 5.41) is 13.5. The fourth-order valence-electron chi connectivity index (χ4n) is 4.45. The highest BCUT2D eigenvalue weighted by molar-refractivity contribution is 6.07. The molecule has 0 aliphatic carbocycles. The molecule has 4 aromatic rings. The van der Waals surface area contributed by atoms with Crippen LogP contribution in [0.5, 0.6) is 0 Å². The van der Waals surface area contributed by atoms with Crippen molar-refractivity contribution in [3.63, 3.8) is 0 Å². The third-order valence-corrected chi connectivity index (χ3v) is 6.30. The molecule has 3 aromatic carbocycles. The Bertz CT molecular complexity index is 1300. The summed E-state index contributed by atoms with van der Waals surface area (Å²) < 4.78 is 14.2. The van der Waals surface area contributed by atoms with Crippen LogP contribution in [-0.4, -0.2) is 42.3 Å². The minimum absolute atomic E-state index is 0.152. The molecule has 2 heterocycles. The molecular weight excluding hydrogens is 429 g/mol. The van der Waals surface area contributed by atoms with Crippen LogP contribution in [0.2, 0.25) is 0 Å². The molecule has 172 valence electrons. The van der Waals surface area contributed by atoms with Crippen LogP contribution in [0.15, 0.2) is 78.9 Å². The highest BCUT2D eigenvalue weighted by Gasteiger charge is 2.24. The van der Waals surface area contributed by atoms with Gasteiger partial charge in [-0.25, -0.2) is 4.39 Å². The van der Waals surface area contributed by atoms with Crippen molar-refractivity contribution in [2.24, 2.45) is 0 Å². The maximum atomic E-state index is 14.2. The topological polar surface area (TPSA) is 61.4 Å².